The number of rotatable bonds is 39. The molecule has 98 heavy (non-hydrogen) atoms. The van der Waals surface area contributed by atoms with E-state index in [0.29, 0.717) is 43.7 Å². The number of benzene rings is 3. The van der Waals surface area contributed by atoms with Gasteiger partial charge in [0.15, 0.2) is 0 Å². The Morgan fingerprint density at radius 3 is 1.83 bits per heavy atom. The molecule has 25 nitrogen and oxygen atoms in total. The zero-order valence-corrected chi connectivity index (χ0v) is 59.7. The average molecular weight is 1360 g/mol. The van der Waals surface area contributed by atoms with Gasteiger partial charge in [-0.3, -0.25) is 57.7 Å². The van der Waals surface area contributed by atoms with Crippen LogP contribution in [0.3, 0.4) is 0 Å². The molecule has 25 heteroatoms. The van der Waals surface area contributed by atoms with Gasteiger partial charge in [-0.1, -0.05) is 118 Å². The van der Waals surface area contributed by atoms with E-state index >= 15 is 0 Å². The van der Waals surface area contributed by atoms with Crippen molar-refractivity contribution < 1.29 is 63.0 Å². The highest BCUT2D eigenvalue weighted by atomic mass is 16.3. The number of urea groups is 1. The van der Waals surface area contributed by atoms with Crippen LogP contribution in [-0.2, 0) is 60.9 Å². The molecule has 2 saturated heterocycles. The third-order valence-corrected chi connectivity index (χ3v) is 19.3. The molecule has 0 saturated carbocycles. The number of amides is 11. The summed E-state index contributed by atoms with van der Waals surface area (Å²) in [6.07, 6.45) is 2.05. The van der Waals surface area contributed by atoms with Crippen LogP contribution in [-0.4, -0.2) is 185 Å². The number of carbonyl (C=O) groups is 11. The van der Waals surface area contributed by atoms with Crippen LogP contribution in [0.25, 0.3) is 0 Å². The van der Waals surface area contributed by atoms with E-state index in [1.165, 1.54) is 0 Å². The van der Waals surface area contributed by atoms with Crippen molar-refractivity contribution in [2.45, 2.75) is 176 Å². The van der Waals surface area contributed by atoms with Crippen LogP contribution in [0.15, 0.2) is 78.9 Å². The molecule has 0 aliphatic carbocycles. The van der Waals surface area contributed by atoms with Gasteiger partial charge in [-0.2, -0.15) is 0 Å². The summed E-state index contributed by atoms with van der Waals surface area (Å²) in [6, 6.07) is 18.0. The first-order valence-corrected chi connectivity index (χ1v) is 34.7. The molecule has 0 radical (unpaired) electrons. The Morgan fingerprint density at radius 1 is 0.684 bits per heavy atom. The van der Waals surface area contributed by atoms with E-state index in [-0.39, 0.29) is 117 Å². The fourth-order valence-corrected chi connectivity index (χ4v) is 13.4. The average Bonchev–Trinajstić information content (AvgIpc) is 1.73. The van der Waals surface area contributed by atoms with Gasteiger partial charge in [-0.05, 0) is 111 Å². The Morgan fingerprint density at radius 2 is 1.29 bits per heavy atom. The lowest BCUT2D eigenvalue weighted by Gasteiger charge is -2.41. The number of aliphatic hydroxyl groups excluding tert-OH is 2. The lowest BCUT2D eigenvalue weighted by molar-refractivity contribution is -0.144. The molecule has 11 N–H and O–H groups in total. The molecule has 0 bridgehead atoms. The van der Waals surface area contributed by atoms with Crippen LogP contribution in [0.1, 0.15) is 138 Å². The molecule has 2 fully saturated rings. The van der Waals surface area contributed by atoms with E-state index in [9.17, 15) is 63.0 Å². The second-order valence-electron chi connectivity index (χ2n) is 28.0. The summed E-state index contributed by atoms with van der Waals surface area (Å²) in [5.41, 5.74) is 8.51. The number of nitrogens with zero attached hydrogens (tertiary/aromatic N) is 4. The topological polar surface area (TPSA) is 351 Å². The number of carbonyl (C=O) groups excluding carboxylic acids is 11. The minimum absolute atomic E-state index is 0.0205. The van der Waals surface area contributed by atoms with Crippen LogP contribution in [0.4, 0.5) is 21.9 Å². The van der Waals surface area contributed by atoms with Gasteiger partial charge < -0.3 is 63.0 Å². The Balaban J connectivity index is 1.20. The maximum Gasteiger partial charge on any atom is 0.312 e. The fraction of sp³-hybridized carbons (Fsp3) is 0.603. The molecule has 2 unspecified atom stereocenters. The molecule has 540 valence electrons. The molecule has 0 spiro atoms. The van der Waals surface area contributed by atoms with Crippen molar-refractivity contribution in [1.29, 1.82) is 0 Å². The van der Waals surface area contributed by atoms with E-state index in [1.54, 1.807) is 80.9 Å². The zero-order chi connectivity index (χ0) is 72.7. The number of imide groups is 1. The number of likely N-dealkylation sites (N-methyl/N-ethyl adjacent to an activating group) is 2. The number of ketones is 1. The SMILES string of the molecule is CC[C@H](C)[C@@H]([C@H](CO)CC(=O)N1CCC[C@H]1[C@H](CO)[C@@H](C)C(=O)N[C@@H](Cc1ccccc1)C(=O)Nc1ccc(NCc2ccc(NC(=O)[C@H](CCCNC(N)=O)NC(=O)C(CC(=O)CCN3C(=O)CC(C)C3=O)C(C)C)cc2)cc1)N(C)C(=O)[C@@H](NC(=O)[C@H](C(C)C)N(C)C)C(C)C. The van der Waals surface area contributed by atoms with Gasteiger partial charge >= 0.3 is 6.03 Å². The fourth-order valence-electron chi connectivity index (χ4n) is 13.4. The molecule has 3 aromatic carbocycles. The molecule has 2 aliphatic rings. The van der Waals surface area contributed by atoms with E-state index in [0.717, 1.165) is 21.7 Å². The van der Waals surface area contributed by atoms with E-state index in [1.807, 2.05) is 103 Å². The quantitative estimate of drug-likeness (QED) is 0.0242. The summed E-state index contributed by atoms with van der Waals surface area (Å²) in [5.74, 6) is -8.07. The number of anilines is 3. The number of likely N-dealkylation sites (tertiary alicyclic amines) is 2. The van der Waals surface area contributed by atoms with Gasteiger partial charge in [0.2, 0.25) is 53.2 Å². The Bertz CT molecular complexity index is 3160. The molecule has 11 amide bonds. The monoisotopic (exact) mass is 1360 g/mol. The highest BCUT2D eigenvalue weighted by Crippen LogP contribution is 2.33. The zero-order valence-electron chi connectivity index (χ0n) is 59.7. The second kappa shape index (κ2) is 38.7. The lowest BCUT2D eigenvalue weighted by atomic mass is 9.83. The van der Waals surface area contributed by atoms with Crippen molar-refractivity contribution in [3.63, 3.8) is 0 Å². The van der Waals surface area contributed by atoms with Gasteiger partial charge in [-0.25, -0.2) is 4.79 Å². The number of primary amides is 1. The van der Waals surface area contributed by atoms with Crippen LogP contribution >= 0.6 is 0 Å². The van der Waals surface area contributed by atoms with E-state index in [2.05, 4.69) is 37.2 Å². The van der Waals surface area contributed by atoms with Crippen molar-refractivity contribution in [2.24, 2.45) is 59.0 Å². The number of hydrogen-bond acceptors (Lipinski definition) is 15. The minimum Gasteiger partial charge on any atom is -0.396 e. The molecule has 12 atom stereocenters. The number of nitrogens with one attached hydrogen (secondary N) is 7. The first kappa shape index (κ1) is 80.4. The predicted octanol–water partition coefficient (Wildman–Crippen LogP) is 5.69. The van der Waals surface area contributed by atoms with Gasteiger partial charge in [0.25, 0.3) is 0 Å². The number of aliphatic hydroxyl groups is 2. The highest BCUT2D eigenvalue weighted by Gasteiger charge is 2.44. The van der Waals surface area contributed by atoms with Crippen LogP contribution in [0.5, 0.6) is 0 Å². The minimum atomic E-state index is -1.05. The summed E-state index contributed by atoms with van der Waals surface area (Å²) in [7, 11) is 5.31. The molecule has 2 aliphatic heterocycles. The van der Waals surface area contributed by atoms with E-state index in [4.69, 9.17) is 5.73 Å². The standard InChI is InChI=1S/C73H110N12O13/c1-14-46(8)65(83(13)72(97)63(44(4)5)81-70(95)64(45(6)7)82(11)12)51(41-86)38-62(90)84-34-19-23-60(84)57(42-87)48(10)66(91)80-59(37-49-20-16-15-17-21-49)69(94)78-54-30-28-52(29-31-54)76-40-50-24-26-53(27-25-50)77-68(93)58(22-18-33-75-73(74)98)79-67(92)56(43(2)3)39-55(88)32-35-85-61(89)36-47(9)71(85)96/h15-17,20-21,24-31,43-48,51,56-60,63-65,76,86-87H,14,18-19,22-23,32-42H2,1-13H3,(H,77,93)(H,78,94)(H,79,92)(H,80,91)(H,81,95)(H3,74,75,98)/t46-,47?,48+,51-,56?,57+,58-,59-,60-,63-,64-,65-/m0/s1. The normalized spacial score (nSPS) is 17.8. The predicted molar refractivity (Wildman–Crippen MR) is 376 cm³/mol. The molecular formula is C73H110N12O13. The summed E-state index contributed by atoms with van der Waals surface area (Å²) >= 11 is 0. The van der Waals surface area contributed by atoms with Crippen LogP contribution < -0.4 is 43.0 Å². The molecule has 3 aromatic rings. The van der Waals surface area contributed by atoms with Crippen molar-refractivity contribution in [3.05, 3.63) is 90.0 Å². The van der Waals surface area contributed by atoms with E-state index < -0.39 is 109 Å². The first-order valence-electron chi connectivity index (χ1n) is 34.7. The summed E-state index contributed by atoms with van der Waals surface area (Å²) < 4.78 is 0. The maximum atomic E-state index is 14.6. The van der Waals surface area contributed by atoms with Crippen molar-refractivity contribution >= 4 is 82.0 Å². The Labute approximate surface area is 578 Å². The van der Waals surface area contributed by atoms with Gasteiger partial charge in [0.1, 0.15) is 23.9 Å². The first-order chi connectivity index (χ1) is 46.4. The maximum absolute atomic E-state index is 14.6. The lowest BCUT2D eigenvalue weighted by Crippen LogP contribution is -2.59. The van der Waals surface area contributed by atoms with Gasteiger partial charge in [0, 0.05) is 137 Å². The highest BCUT2D eigenvalue weighted by molar-refractivity contribution is 6.04. The van der Waals surface area contributed by atoms with Crippen molar-refractivity contribution in [2.75, 3.05) is 69.9 Å². The van der Waals surface area contributed by atoms with Crippen molar-refractivity contribution in [1.82, 2.24) is 40.9 Å². The number of hydrogen-bond donors (Lipinski definition) is 10. The van der Waals surface area contributed by atoms with Gasteiger partial charge in [0.05, 0.1) is 6.04 Å². The van der Waals surface area contributed by atoms with Crippen LogP contribution in [0.2, 0.25) is 0 Å². The molecular weight excluding hydrogens is 1250 g/mol. The van der Waals surface area contributed by atoms with Gasteiger partial charge in [-0.15, -0.1) is 0 Å². The van der Waals surface area contributed by atoms with Crippen LogP contribution in [0, 0.1) is 53.3 Å². The molecule has 2 heterocycles. The molecule has 5 rings (SSSR count). The molecule has 0 aromatic heterocycles. The Kier molecular flexibility index (Phi) is 31.8. The Hall–Kier alpha value is -8.29. The number of nitrogens with two attached hydrogens (primary N) is 1. The number of Topliss-reactive ketones (excluding diaryl/α,β-unsaturated/α-hetero) is 1. The largest absolute Gasteiger partial charge is 0.396 e. The third-order valence-electron chi connectivity index (χ3n) is 19.3. The summed E-state index contributed by atoms with van der Waals surface area (Å²) in [4.78, 5) is 154. The third kappa shape index (κ3) is 23.2. The summed E-state index contributed by atoms with van der Waals surface area (Å²) in [5, 5.41) is 42.5. The second-order valence-corrected chi connectivity index (χ2v) is 28.0. The summed E-state index contributed by atoms with van der Waals surface area (Å²) in [6.45, 7) is 18.5. The van der Waals surface area contributed by atoms with Crippen molar-refractivity contribution in [3.8, 4) is 0 Å². The smallest absolute Gasteiger partial charge is 0.312 e.